The number of hydrogen-bond donors (Lipinski definition) is 0. The van der Waals surface area contributed by atoms with Gasteiger partial charge in [-0.2, -0.15) is 0 Å². The van der Waals surface area contributed by atoms with Crippen LogP contribution in [0.3, 0.4) is 0 Å². The van der Waals surface area contributed by atoms with Crippen LogP contribution in [0.15, 0.2) is 24.4 Å². The Morgan fingerprint density at radius 2 is 1.90 bits per heavy atom. The van der Waals surface area contributed by atoms with Crippen LogP contribution in [0.1, 0.15) is 19.4 Å². The number of benzene rings is 1. The van der Waals surface area contributed by atoms with Gasteiger partial charge in [0, 0.05) is 34.6 Å². The van der Waals surface area contributed by atoms with E-state index in [2.05, 4.69) is 24.8 Å². The first kappa shape index (κ1) is 14.6. The third-order valence-corrected chi connectivity index (χ3v) is 5.05. The van der Waals surface area contributed by atoms with Crippen molar-refractivity contribution in [2.45, 2.75) is 31.1 Å². The molecule has 0 bridgehead atoms. The summed E-state index contributed by atoms with van der Waals surface area (Å²) < 4.78 is 7.60. The first-order chi connectivity index (χ1) is 9.76. The van der Waals surface area contributed by atoms with Crippen molar-refractivity contribution in [1.82, 2.24) is 9.47 Å². The minimum Gasteiger partial charge on any atom is -0.493 e. The molecule has 0 N–H and O–H groups in total. The van der Waals surface area contributed by atoms with Crippen molar-refractivity contribution in [3.05, 3.63) is 30.0 Å². The molecule has 0 saturated heterocycles. The molecule has 0 unspecified atom stereocenters. The molecule has 1 aromatic heterocycles. The second-order valence-electron chi connectivity index (χ2n) is 6.54. The van der Waals surface area contributed by atoms with E-state index in [0.29, 0.717) is 0 Å². The molecule has 0 spiro atoms. The SMILES string of the molecule is [B]C([B])(n1ccc2c3c(ccc21)OCC3)C(C)(C)N(C)C. The Morgan fingerprint density at radius 3 is 2.57 bits per heavy atom. The minimum absolute atomic E-state index is 0.408. The number of rotatable bonds is 3. The minimum atomic E-state index is -1.02. The maximum Gasteiger partial charge on any atom is 0.123 e. The topological polar surface area (TPSA) is 17.4 Å². The summed E-state index contributed by atoms with van der Waals surface area (Å²) >= 11 is 0. The zero-order chi connectivity index (χ0) is 15.4. The van der Waals surface area contributed by atoms with Crippen molar-refractivity contribution in [3.8, 4) is 5.75 Å². The standard InChI is InChI=1S/C16H20B2N2O/c1-15(2,19(3)4)16(17,18)20-9-7-11-12-8-10-21-14(12)6-5-13(11)20/h5-7,9H,8,10H2,1-4H3. The lowest BCUT2D eigenvalue weighted by Gasteiger charge is -2.49. The van der Waals surface area contributed by atoms with Gasteiger partial charge in [0.25, 0.3) is 0 Å². The van der Waals surface area contributed by atoms with Crippen LogP contribution in [-0.2, 0) is 11.8 Å². The zero-order valence-corrected chi connectivity index (χ0v) is 13.2. The van der Waals surface area contributed by atoms with E-state index in [0.717, 1.165) is 24.3 Å². The van der Waals surface area contributed by atoms with Gasteiger partial charge in [0.1, 0.15) is 5.75 Å². The highest BCUT2D eigenvalue weighted by atomic mass is 16.5. The van der Waals surface area contributed by atoms with E-state index < -0.39 is 10.9 Å². The summed E-state index contributed by atoms with van der Waals surface area (Å²) in [6, 6.07) is 6.14. The summed E-state index contributed by atoms with van der Waals surface area (Å²) in [5.41, 5.74) is 1.90. The van der Waals surface area contributed by atoms with E-state index >= 15 is 0 Å². The van der Waals surface area contributed by atoms with E-state index in [1.807, 2.05) is 37.0 Å². The molecule has 0 fully saturated rings. The summed E-state index contributed by atoms with van der Waals surface area (Å²) in [6.45, 7) is 4.85. The molecule has 106 valence electrons. The fourth-order valence-electron chi connectivity index (χ4n) is 2.89. The fraction of sp³-hybridized carbons (Fsp3) is 0.500. The van der Waals surface area contributed by atoms with E-state index in [1.54, 1.807) is 0 Å². The Balaban J connectivity index is 2.18. The molecule has 21 heavy (non-hydrogen) atoms. The molecule has 1 aliphatic rings. The van der Waals surface area contributed by atoms with Gasteiger partial charge in [-0.15, -0.1) is 0 Å². The summed E-state index contributed by atoms with van der Waals surface area (Å²) in [4.78, 5) is 2.05. The van der Waals surface area contributed by atoms with Crippen LogP contribution in [0.2, 0.25) is 0 Å². The number of likely N-dealkylation sites (N-methyl/N-ethyl adjacent to an activating group) is 1. The molecule has 2 aromatic rings. The van der Waals surface area contributed by atoms with Gasteiger partial charge < -0.3 is 14.2 Å². The predicted molar refractivity (Wildman–Crippen MR) is 88.4 cm³/mol. The van der Waals surface area contributed by atoms with Crippen LogP contribution in [-0.4, -0.2) is 51.4 Å². The zero-order valence-electron chi connectivity index (χ0n) is 13.2. The summed E-state index contributed by atoms with van der Waals surface area (Å²) in [5, 5.41) is 0.159. The molecule has 1 aromatic carbocycles. The lowest BCUT2D eigenvalue weighted by molar-refractivity contribution is 0.141. The molecular weight excluding hydrogens is 258 g/mol. The van der Waals surface area contributed by atoms with Gasteiger partial charge >= 0.3 is 0 Å². The largest absolute Gasteiger partial charge is 0.493 e. The number of hydrogen-bond acceptors (Lipinski definition) is 2. The lowest BCUT2D eigenvalue weighted by atomic mass is 9.51. The van der Waals surface area contributed by atoms with Crippen LogP contribution in [0, 0.1) is 0 Å². The van der Waals surface area contributed by atoms with Crippen molar-refractivity contribution in [1.29, 1.82) is 0 Å². The Kier molecular flexibility index (Phi) is 3.17. The van der Waals surface area contributed by atoms with Crippen molar-refractivity contribution in [3.63, 3.8) is 0 Å². The highest BCUT2D eigenvalue weighted by Gasteiger charge is 2.39. The van der Waals surface area contributed by atoms with Gasteiger partial charge in [0.05, 0.1) is 22.3 Å². The molecule has 3 rings (SSSR count). The molecule has 5 heteroatoms. The summed E-state index contributed by atoms with van der Waals surface area (Å²) in [5.74, 6) is 0.978. The monoisotopic (exact) mass is 278 g/mol. The van der Waals surface area contributed by atoms with Gasteiger partial charge in [-0.3, -0.25) is 0 Å². The van der Waals surface area contributed by atoms with Gasteiger partial charge in [-0.25, -0.2) is 0 Å². The van der Waals surface area contributed by atoms with Crippen LogP contribution < -0.4 is 4.74 Å². The molecule has 0 atom stereocenters. The quantitative estimate of drug-likeness (QED) is 0.797. The molecule has 1 aliphatic heterocycles. The molecule has 4 radical (unpaired) electrons. The first-order valence-electron chi connectivity index (χ1n) is 7.28. The third-order valence-electron chi connectivity index (χ3n) is 5.05. The smallest absolute Gasteiger partial charge is 0.123 e. The van der Waals surface area contributed by atoms with E-state index in [4.69, 9.17) is 20.4 Å². The van der Waals surface area contributed by atoms with Crippen molar-refractivity contribution in [2.75, 3.05) is 20.7 Å². The summed E-state index contributed by atoms with van der Waals surface area (Å²) in [6.07, 6.45) is 2.92. The van der Waals surface area contributed by atoms with Gasteiger partial charge in [0.2, 0.25) is 0 Å². The van der Waals surface area contributed by atoms with Crippen LogP contribution in [0.25, 0.3) is 10.9 Å². The number of aromatic nitrogens is 1. The van der Waals surface area contributed by atoms with Gasteiger partial charge in [-0.05, 0) is 51.5 Å². The summed E-state index contributed by atoms with van der Waals surface area (Å²) in [7, 11) is 17.1. The Bertz CT molecular complexity index is 689. The number of ether oxygens (including phenoxy) is 1. The van der Waals surface area contributed by atoms with Gasteiger partial charge in [0.15, 0.2) is 0 Å². The average Bonchev–Trinajstić information content (AvgIpc) is 3.03. The van der Waals surface area contributed by atoms with E-state index in [-0.39, 0.29) is 0 Å². The average molecular weight is 278 g/mol. The van der Waals surface area contributed by atoms with Crippen molar-refractivity contribution < 1.29 is 4.74 Å². The highest BCUT2D eigenvalue weighted by molar-refractivity contribution is 6.39. The van der Waals surface area contributed by atoms with Gasteiger partial charge in [-0.1, -0.05) is 0 Å². The van der Waals surface area contributed by atoms with Crippen LogP contribution in [0.4, 0.5) is 0 Å². The Labute approximate surface area is 129 Å². The Morgan fingerprint density at radius 1 is 1.19 bits per heavy atom. The van der Waals surface area contributed by atoms with E-state index in [1.165, 1.54) is 10.9 Å². The molecule has 0 amide bonds. The lowest BCUT2D eigenvalue weighted by Crippen LogP contribution is -2.60. The molecule has 3 nitrogen and oxygen atoms in total. The molecule has 0 saturated carbocycles. The second kappa shape index (κ2) is 4.57. The van der Waals surface area contributed by atoms with Crippen LogP contribution in [0.5, 0.6) is 5.75 Å². The first-order valence-corrected chi connectivity index (χ1v) is 7.28. The van der Waals surface area contributed by atoms with E-state index in [9.17, 15) is 0 Å². The molecule has 0 aliphatic carbocycles. The van der Waals surface area contributed by atoms with Crippen molar-refractivity contribution in [2.24, 2.45) is 0 Å². The maximum absolute atomic E-state index is 6.54. The molecule has 2 heterocycles. The Hall–Kier alpha value is -1.35. The normalized spacial score (nSPS) is 15.5. The second-order valence-corrected chi connectivity index (χ2v) is 6.54. The highest BCUT2D eigenvalue weighted by Crippen LogP contribution is 2.37. The van der Waals surface area contributed by atoms with Crippen LogP contribution >= 0.6 is 0 Å². The molecular formula is C16H20B2N2O. The third kappa shape index (κ3) is 1.94. The maximum atomic E-state index is 6.54. The number of nitrogens with zero attached hydrogens (tertiary/aromatic N) is 2. The van der Waals surface area contributed by atoms with Crippen molar-refractivity contribution >= 4 is 26.6 Å². The number of fused-ring (bicyclic) bond motifs is 3. The predicted octanol–water partition coefficient (Wildman–Crippen LogP) is 1.86. The fourth-order valence-corrected chi connectivity index (χ4v) is 2.89.